The number of benzene rings is 1. The fourth-order valence-corrected chi connectivity index (χ4v) is 4.65. The molecule has 0 spiro atoms. The van der Waals surface area contributed by atoms with Crippen molar-refractivity contribution < 1.29 is 21.6 Å². The molecule has 8 heteroatoms. The predicted molar refractivity (Wildman–Crippen MR) is 86.6 cm³/mol. The molecule has 0 amide bonds. The highest BCUT2D eigenvalue weighted by atomic mass is 32.2. The number of sulfonamides is 1. The van der Waals surface area contributed by atoms with Crippen LogP contribution < -0.4 is 10.5 Å². The van der Waals surface area contributed by atoms with Gasteiger partial charge in [0.05, 0.1) is 11.3 Å². The van der Waals surface area contributed by atoms with E-state index in [1.54, 1.807) is 0 Å². The minimum atomic E-state index is -4.49. The highest BCUT2D eigenvalue weighted by molar-refractivity contribution is 7.88. The fourth-order valence-electron chi connectivity index (χ4n) is 3.20. The van der Waals surface area contributed by atoms with Crippen LogP contribution in [0.1, 0.15) is 43.2 Å². The molecule has 1 aromatic carbocycles. The first-order chi connectivity index (χ1) is 11.2. The average Bonchev–Trinajstić information content (AvgIpc) is 2.52. The Labute approximate surface area is 140 Å². The van der Waals surface area contributed by atoms with E-state index in [1.165, 1.54) is 12.1 Å². The lowest BCUT2D eigenvalue weighted by molar-refractivity contribution is -0.137. The predicted octanol–water partition coefficient (Wildman–Crippen LogP) is 3.03. The summed E-state index contributed by atoms with van der Waals surface area (Å²) in [6.07, 6.45) is 0.606. The molecule has 24 heavy (non-hydrogen) atoms. The van der Waals surface area contributed by atoms with Gasteiger partial charge in [0.2, 0.25) is 10.0 Å². The zero-order valence-electron chi connectivity index (χ0n) is 13.3. The molecule has 1 aromatic rings. The Morgan fingerprint density at radius 2 is 1.88 bits per heavy atom. The van der Waals surface area contributed by atoms with Crippen LogP contribution in [-0.2, 0) is 22.0 Å². The van der Waals surface area contributed by atoms with Crippen molar-refractivity contribution in [2.75, 3.05) is 6.54 Å². The molecule has 1 aliphatic carbocycles. The molecule has 0 bridgehead atoms. The van der Waals surface area contributed by atoms with Crippen molar-refractivity contribution in [3.63, 3.8) is 0 Å². The number of nitrogens with one attached hydrogen (secondary N) is 1. The molecule has 0 radical (unpaired) electrons. The van der Waals surface area contributed by atoms with Crippen molar-refractivity contribution in [3.8, 4) is 0 Å². The molecule has 0 heterocycles. The zero-order chi connectivity index (χ0) is 17.8. The summed E-state index contributed by atoms with van der Waals surface area (Å²) in [6.45, 7) is 0.187. The summed E-state index contributed by atoms with van der Waals surface area (Å²) in [5.41, 5.74) is 4.97. The van der Waals surface area contributed by atoms with Crippen LogP contribution in [-0.4, -0.2) is 21.0 Å². The van der Waals surface area contributed by atoms with Gasteiger partial charge in [-0.15, -0.1) is 0 Å². The van der Waals surface area contributed by atoms with E-state index >= 15 is 0 Å². The number of hydrogen-bond donors (Lipinski definition) is 2. The second-order valence-electron chi connectivity index (χ2n) is 6.32. The van der Waals surface area contributed by atoms with Crippen LogP contribution in [0.3, 0.4) is 0 Å². The van der Waals surface area contributed by atoms with E-state index in [2.05, 4.69) is 4.72 Å². The van der Waals surface area contributed by atoms with E-state index in [-0.39, 0.29) is 24.1 Å². The maximum Gasteiger partial charge on any atom is 0.416 e. The summed E-state index contributed by atoms with van der Waals surface area (Å²) >= 11 is 0. The Balaban J connectivity index is 2.07. The first-order valence-electron chi connectivity index (χ1n) is 8.07. The van der Waals surface area contributed by atoms with Gasteiger partial charge in [-0.3, -0.25) is 0 Å². The van der Waals surface area contributed by atoms with Gasteiger partial charge in [-0.1, -0.05) is 37.5 Å². The van der Waals surface area contributed by atoms with Crippen LogP contribution in [0.5, 0.6) is 0 Å². The number of halogens is 3. The Kier molecular flexibility index (Phi) is 6.28. The monoisotopic (exact) mass is 364 g/mol. The third kappa shape index (κ3) is 5.46. The summed E-state index contributed by atoms with van der Waals surface area (Å²) in [6, 6.07) is 4.04. The first kappa shape index (κ1) is 19.2. The van der Waals surface area contributed by atoms with E-state index in [9.17, 15) is 21.6 Å². The number of hydrogen-bond acceptors (Lipinski definition) is 3. The smallest absolute Gasteiger partial charge is 0.329 e. The maximum atomic E-state index is 12.7. The molecule has 0 saturated heterocycles. The summed E-state index contributed by atoms with van der Waals surface area (Å²) in [5.74, 6) is -0.291. The molecular formula is C16H23F3N2O2S. The van der Waals surface area contributed by atoms with E-state index in [4.69, 9.17) is 5.73 Å². The minimum Gasteiger partial charge on any atom is -0.329 e. The van der Waals surface area contributed by atoms with Crippen LogP contribution >= 0.6 is 0 Å². The average molecular weight is 364 g/mol. The molecule has 0 aliphatic heterocycles. The molecule has 2 rings (SSSR count). The van der Waals surface area contributed by atoms with E-state index in [0.717, 1.165) is 44.2 Å². The van der Waals surface area contributed by atoms with Crippen molar-refractivity contribution >= 4 is 10.0 Å². The van der Waals surface area contributed by atoms with Gasteiger partial charge in [0, 0.05) is 12.6 Å². The van der Waals surface area contributed by atoms with Crippen molar-refractivity contribution in [1.82, 2.24) is 4.72 Å². The number of rotatable bonds is 6. The third-order valence-corrected chi connectivity index (χ3v) is 5.79. The van der Waals surface area contributed by atoms with Crippen molar-refractivity contribution in [3.05, 3.63) is 35.4 Å². The van der Waals surface area contributed by atoms with Gasteiger partial charge in [-0.25, -0.2) is 13.1 Å². The minimum absolute atomic E-state index is 0.108. The second kappa shape index (κ2) is 7.84. The van der Waals surface area contributed by atoms with Gasteiger partial charge < -0.3 is 5.73 Å². The number of nitrogens with two attached hydrogens (primary N) is 1. The first-order valence-corrected chi connectivity index (χ1v) is 9.73. The SMILES string of the molecule is NCC(NS(=O)(=O)Cc1cccc(C(F)(F)F)c1)C1CCCCC1. The molecule has 1 atom stereocenters. The summed E-state index contributed by atoms with van der Waals surface area (Å²) in [4.78, 5) is 0. The lowest BCUT2D eigenvalue weighted by atomic mass is 9.84. The van der Waals surface area contributed by atoms with Gasteiger partial charge in [-0.2, -0.15) is 13.2 Å². The summed E-state index contributed by atoms with van der Waals surface area (Å²) in [7, 11) is -3.75. The molecule has 3 N–H and O–H groups in total. The van der Waals surface area contributed by atoms with Crippen LogP contribution in [0.25, 0.3) is 0 Å². The molecule has 4 nitrogen and oxygen atoms in total. The lowest BCUT2D eigenvalue weighted by Crippen LogP contribution is -2.46. The standard InChI is InChI=1S/C16H23F3N2O2S/c17-16(18,19)14-8-4-5-12(9-14)11-24(22,23)21-15(10-20)13-6-2-1-3-7-13/h4-5,8-9,13,15,21H,1-3,6-7,10-11,20H2. The molecule has 0 aromatic heterocycles. The molecule has 1 saturated carbocycles. The van der Waals surface area contributed by atoms with Gasteiger partial charge in [0.25, 0.3) is 0 Å². The van der Waals surface area contributed by atoms with E-state index in [1.807, 2.05) is 0 Å². The largest absolute Gasteiger partial charge is 0.416 e. The lowest BCUT2D eigenvalue weighted by Gasteiger charge is -2.29. The van der Waals surface area contributed by atoms with Gasteiger partial charge in [0.15, 0.2) is 0 Å². The fraction of sp³-hybridized carbons (Fsp3) is 0.625. The van der Waals surface area contributed by atoms with Crippen molar-refractivity contribution in [2.45, 2.75) is 50.1 Å². The summed E-state index contributed by atoms with van der Waals surface area (Å²) < 4.78 is 65.4. The second-order valence-corrected chi connectivity index (χ2v) is 8.07. The van der Waals surface area contributed by atoms with Gasteiger partial charge >= 0.3 is 6.18 Å². The van der Waals surface area contributed by atoms with Gasteiger partial charge in [0.1, 0.15) is 0 Å². The third-order valence-electron chi connectivity index (χ3n) is 4.41. The van der Waals surface area contributed by atoms with Crippen LogP contribution in [0.4, 0.5) is 13.2 Å². The highest BCUT2D eigenvalue weighted by Crippen LogP contribution is 2.30. The summed E-state index contributed by atoms with van der Waals surface area (Å²) in [5, 5.41) is 0. The quantitative estimate of drug-likeness (QED) is 0.815. The van der Waals surface area contributed by atoms with Crippen LogP contribution in [0.15, 0.2) is 24.3 Å². The Morgan fingerprint density at radius 3 is 2.46 bits per heavy atom. The van der Waals surface area contributed by atoms with Gasteiger partial charge in [-0.05, 0) is 30.4 Å². The van der Waals surface area contributed by atoms with E-state index in [0.29, 0.717) is 0 Å². The highest BCUT2D eigenvalue weighted by Gasteiger charge is 2.31. The topological polar surface area (TPSA) is 72.2 Å². The molecule has 1 aliphatic rings. The van der Waals surface area contributed by atoms with Crippen molar-refractivity contribution in [2.24, 2.45) is 11.7 Å². The molecule has 136 valence electrons. The molecule has 1 unspecified atom stereocenters. The maximum absolute atomic E-state index is 12.7. The Morgan fingerprint density at radius 1 is 1.21 bits per heavy atom. The van der Waals surface area contributed by atoms with Crippen LogP contribution in [0, 0.1) is 5.92 Å². The Bertz CT molecular complexity index is 641. The van der Waals surface area contributed by atoms with E-state index < -0.39 is 27.5 Å². The molecular weight excluding hydrogens is 341 g/mol. The van der Waals surface area contributed by atoms with Crippen LogP contribution in [0.2, 0.25) is 0 Å². The Hall–Kier alpha value is -1.12. The van der Waals surface area contributed by atoms with Crippen molar-refractivity contribution in [1.29, 1.82) is 0 Å². The zero-order valence-corrected chi connectivity index (χ0v) is 14.2. The number of alkyl halides is 3. The molecule has 1 fully saturated rings. The normalized spacial score (nSPS) is 18.5.